The van der Waals surface area contributed by atoms with Crippen molar-refractivity contribution in [3.63, 3.8) is 0 Å². The van der Waals surface area contributed by atoms with Crippen LogP contribution in [0.3, 0.4) is 0 Å². The smallest absolute Gasteiger partial charge is 0.160 e. The third-order valence-electron chi connectivity index (χ3n) is 4.21. The standard InChI is InChI=1S/C15H19N3S2/c1-2-8-20-13(5-1)15-17-12-4-3-7-16-14(12)18(15)11-6-9-19-10-11/h3-4,7,11,13H,1-2,5-6,8-10H2. The fraction of sp³-hybridized carbons (Fsp3) is 0.600. The van der Waals surface area contributed by atoms with Crippen LogP contribution in [0.5, 0.6) is 0 Å². The Balaban J connectivity index is 1.82. The second-order valence-corrected chi connectivity index (χ2v) is 8.02. The summed E-state index contributed by atoms with van der Waals surface area (Å²) in [6.45, 7) is 0. The molecule has 0 amide bonds. The lowest BCUT2D eigenvalue weighted by Gasteiger charge is -2.24. The fourth-order valence-electron chi connectivity index (χ4n) is 3.20. The highest BCUT2D eigenvalue weighted by atomic mass is 32.2. The Morgan fingerprint density at radius 1 is 1.20 bits per heavy atom. The fourth-order valence-corrected chi connectivity index (χ4v) is 5.70. The molecule has 2 aliphatic heterocycles. The molecule has 2 unspecified atom stereocenters. The van der Waals surface area contributed by atoms with Gasteiger partial charge in [0.2, 0.25) is 0 Å². The first kappa shape index (κ1) is 13.0. The zero-order valence-corrected chi connectivity index (χ0v) is 13.1. The van der Waals surface area contributed by atoms with Crippen molar-refractivity contribution in [1.29, 1.82) is 0 Å². The minimum absolute atomic E-state index is 0.573. The van der Waals surface area contributed by atoms with Crippen LogP contribution in [-0.4, -0.2) is 31.8 Å². The van der Waals surface area contributed by atoms with E-state index in [-0.39, 0.29) is 0 Å². The molecule has 0 N–H and O–H groups in total. The van der Waals surface area contributed by atoms with E-state index in [2.05, 4.69) is 39.1 Å². The molecule has 0 saturated carbocycles. The number of pyridine rings is 1. The van der Waals surface area contributed by atoms with Crippen LogP contribution in [0.25, 0.3) is 11.2 Å². The molecular weight excluding hydrogens is 286 g/mol. The van der Waals surface area contributed by atoms with Gasteiger partial charge in [0.25, 0.3) is 0 Å². The molecule has 2 atom stereocenters. The van der Waals surface area contributed by atoms with Gasteiger partial charge in [-0.15, -0.1) is 0 Å². The van der Waals surface area contributed by atoms with Crippen LogP contribution in [0, 0.1) is 0 Å². The minimum atomic E-state index is 0.573. The van der Waals surface area contributed by atoms with Crippen LogP contribution in [-0.2, 0) is 0 Å². The van der Waals surface area contributed by atoms with Gasteiger partial charge in [-0.1, -0.05) is 6.42 Å². The van der Waals surface area contributed by atoms with Crippen molar-refractivity contribution in [2.75, 3.05) is 17.3 Å². The molecule has 5 heteroatoms. The predicted molar refractivity (Wildman–Crippen MR) is 87.6 cm³/mol. The summed E-state index contributed by atoms with van der Waals surface area (Å²) < 4.78 is 2.47. The van der Waals surface area contributed by atoms with Gasteiger partial charge in [0.05, 0.1) is 5.25 Å². The Bertz CT molecular complexity index is 598. The number of imidazole rings is 1. The van der Waals surface area contributed by atoms with Crippen molar-refractivity contribution in [2.24, 2.45) is 0 Å². The highest BCUT2D eigenvalue weighted by Gasteiger charge is 2.28. The normalized spacial score (nSPS) is 27.2. The molecule has 106 valence electrons. The summed E-state index contributed by atoms with van der Waals surface area (Å²) >= 11 is 4.15. The maximum absolute atomic E-state index is 4.95. The number of rotatable bonds is 2. The molecule has 2 saturated heterocycles. The first-order valence-corrected chi connectivity index (χ1v) is 9.66. The molecule has 4 rings (SSSR count). The molecule has 2 aromatic heterocycles. The Morgan fingerprint density at radius 2 is 2.20 bits per heavy atom. The monoisotopic (exact) mass is 305 g/mol. The van der Waals surface area contributed by atoms with Gasteiger partial charge < -0.3 is 4.57 Å². The Morgan fingerprint density at radius 3 is 3.00 bits per heavy atom. The first-order valence-electron chi connectivity index (χ1n) is 7.45. The quantitative estimate of drug-likeness (QED) is 0.837. The topological polar surface area (TPSA) is 30.7 Å². The number of hydrogen-bond acceptors (Lipinski definition) is 4. The van der Waals surface area contributed by atoms with Gasteiger partial charge in [0.15, 0.2) is 5.65 Å². The Kier molecular flexibility index (Phi) is 3.65. The average molecular weight is 305 g/mol. The summed E-state index contributed by atoms with van der Waals surface area (Å²) in [5.41, 5.74) is 2.17. The first-order chi connectivity index (χ1) is 9.93. The van der Waals surface area contributed by atoms with E-state index < -0.39 is 0 Å². The minimum Gasteiger partial charge on any atom is -0.308 e. The number of hydrogen-bond donors (Lipinski definition) is 0. The molecule has 2 aromatic rings. The van der Waals surface area contributed by atoms with Crippen molar-refractivity contribution in [2.45, 2.75) is 37.0 Å². The maximum atomic E-state index is 4.95. The third kappa shape index (κ3) is 2.25. The third-order valence-corrected chi connectivity index (χ3v) is 6.73. The molecule has 0 aromatic carbocycles. The maximum Gasteiger partial charge on any atom is 0.160 e. The molecule has 3 nitrogen and oxygen atoms in total. The van der Waals surface area contributed by atoms with Crippen LogP contribution in [0.4, 0.5) is 0 Å². The molecule has 0 bridgehead atoms. The molecule has 20 heavy (non-hydrogen) atoms. The summed E-state index contributed by atoms with van der Waals surface area (Å²) in [4.78, 5) is 9.57. The molecular formula is C15H19N3S2. The lowest BCUT2D eigenvalue weighted by atomic mass is 10.1. The lowest BCUT2D eigenvalue weighted by Crippen LogP contribution is -2.15. The number of nitrogens with zero attached hydrogens (tertiary/aromatic N) is 3. The Labute approximate surface area is 127 Å². The van der Waals surface area contributed by atoms with Crippen molar-refractivity contribution >= 4 is 34.7 Å². The number of fused-ring (bicyclic) bond motifs is 1. The molecule has 2 fully saturated rings. The SMILES string of the molecule is c1cnc2c(c1)nc(C1CCCCS1)n2C1CCSC1. The van der Waals surface area contributed by atoms with Gasteiger partial charge in [0, 0.05) is 18.0 Å². The van der Waals surface area contributed by atoms with Crippen molar-refractivity contribution in [3.8, 4) is 0 Å². The van der Waals surface area contributed by atoms with Gasteiger partial charge in [-0.05, 0) is 42.9 Å². The predicted octanol–water partition coefficient (Wildman–Crippen LogP) is 4.07. The van der Waals surface area contributed by atoms with Crippen molar-refractivity contribution < 1.29 is 0 Å². The van der Waals surface area contributed by atoms with E-state index in [1.54, 1.807) is 0 Å². The van der Waals surface area contributed by atoms with Gasteiger partial charge >= 0.3 is 0 Å². The van der Waals surface area contributed by atoms with Crippen LogP contribution in [0.1, 0.15) is 42.8 Å². The van der Waals surface area contributed by atoms with Crippen LogP contribution < -0.4 is 0 Å². The summed E-state index contributed by atoms with van der Waals surface area (Å²) in [6, 6.07) is 4.70. The van der Waals surface area contributed by atoms with Gasteiger partial charge in [-0.25, -0.2) is 9.97 Å². The summed E-state index contributed by atoms with van der Waals surface area (Å²) in [5, 5.41) is 0.573. The Hall–Kier alpha value is -0.680. The van der Waals surface area contributed by atoms with Crippen molar-refractivity contribution in [3.05, 3.63) is 24.2 Å². The second kappa shape index (κ2) is 5.60. The van der Waals surface area contributed by atoms with Crippen LogP contribution in [0.2, 0.25) is 0 Å². The zero-order chi connectivity index (χ0) is 13.4. The van der Waals surface area contributed by atoms with E-state index in [4.69, 9.17) is 4.98 Å². The van der Waals surface area contributed by atoms with Gasteiger partial charge in [0.1, 0.15) is 11.3 Å². The number of aromatic nitrogens is 3. The summed E-state index contributed by atoms with van der Waals surface area (Å²) in [7, 11) is 0. The highest BCUT2D eigenvalue weighted by molar-refractivity contribution is 7.99. The van der Waals surface area contributed by atoms with E-state index >= 15 is 0 Å². The van der Waals surface area contributed by atoms with E-state index in [1.165, 1.54) is 48.8 Å². The number of thioether (sulfide) groups is 2. The van der Waals surface area contributed by atoms with Gasteiger partial charge in [-0.2, -0.15) is 23.5 Å². The van der Waals surface area contributed by atoms with E-state index in [0.29, 0.717) is 11.3 Å². The van der Waals surface area contributed by atoms with E-state index in [9.17, 15) is 0 Å². The average Bonchev–Trinajstić information content (AvgIpc) is 3.14. The highest BCUT2D eigenvalue weighted by Crippen LogP contribution is 2.41. The van der Waals surface area contributed by atoms with E-state index in [0.717, 1.165) is 11.2 Å². The summed E-state index contributed by atoms with van der Waals surface area (Å²) in [6.07, 6.45) is 7.14. The van der Waals surface area contributed by atoms with E-state index in [1.807, 2.05) is 12.3 Å². The lowest BCUT2D eigenvalue weighted by molar-refractivity contribution is 0.529. The molecule has 0 radical (unpaired) electrons. The van der Waals surface area contributed by atoms with Crippen LogP contribution >= 0.6 is 23.5 Å². The molecule has 2 aliphatic rings. The molecule has 0 aliphatic carbocycles. The van der Waals surface area contributed by atoms with Gasteiger partial charge in [-0.3, -0.25) is 0 Å². The molecule has 4 heterocycles. The van der Waals surface area contributed by atoms with Crippen molar-refractivity contribution in [1.82, 2.24) is 14.5 Å². The zero-order valence-electron chi connectivity index (χ0n) is 11.5. The molecule has 0 spiro atoms. The summed E-state index contributed by atoms with van der Waals surface area (Å²) in [5.74, 6) is 5.05. The van der Waals surface area contributed by atoms with Crippen LogP contribution in [0.15, 0.2) is 18.3 Å². The largest absolute Gasteiger partial charge is 0.308 e. The second-order valence-electron chi connectivity index (χ2n) is 5.56.